The molecule has 1 aromatic carbocycles. The number of aromatic hydroxyl groups is 1. The van der Waals surface area contributed by atoms with Crippen molar-refractivity contribution in [2.24, 2.45) is 4.99 Å². The normalized spacial score (nSPS) is 11.1. The van der Waals surface area contributed by atoms with Gasteiger partial charge >= 0.3 is 0 Å². The number of pyridine rings is 2. The number of nitrogens with one attached hydrogen (secondary N) is 2. The molecular weight excluding hydrogens is 526 g/mol. The first-order chi connectivity index (χ1) is 18.8. The van der Waals surface area contributed by atoms with Crippen molar-refractivity contribution in [3.05, 3.63) is 72.6 Å². The van der Waals surface area contributed by atoms with Crippen LogP contribution in [0.5, 0.6) is 5.75 Å². The van der Waals surface area contributed by atoms with Gasteiger partial charge in [0.05, 0.1) is 29.6 Å². The highest BCUT2D eigenvalue weighted by molar-refractivity contribution is 7.98. The van der Waals surface area contributed by atoms with Crippen LogP contribution in [0, 0.1) is 11.6 Å². The van der Waals surface area contributed by atoms with E-state index in [1.54, 1.807) is 23.4 Å². The van der Waals surface area contributed by atoms with Crippen LogP contribution in [0.15, 0.2) is 65.3 Å². The highest BCUT2D eigenvalue weighted by Crippen LogP contribution is 2.34. The molecular formula is C27H28F2N6O3S. The van der Waals surface area contributed by atoms with Crippen LogP contribution in [-0.2, 0) is 9.59 Å². The minimum atomic E-state index is -0.956. The van der Waals surface area contributed by atoms with E-state index < -0.39 is 28.6 Å². The molecule has 0 atom stereocenters. The number of anilines is 2. The fourth-order valence-corrected chi connectivity index (χ4v) is 4.27. The third kappa shape index (κ3) is 7.17. The maximum Gasteiger partial charge on any atom is 0.246 e. The Labute approximate surface area is 229 Å². The minimum Gasteiger partial charge on any atom is -0.507 e. The summed E-state index contributed by atoms with van der Waals surface area (Å²) in [5, 5.41) is 15.7. The van der Waals surface area contributed by atoms with Gasteiger partial charge in [0.15, 0.2) is 5.82 Å². The Kier molecular flexibility index (Phi) is 10.5. The molecule has 3 aromatic rings. The average Bonchev–Trinajstić information content (AvgIpc) is 2.93. The summed E-state index contributed by atoms with van der Waals surface area (Å²) in [5.74, 6) is -2.61. The summed E-state index contributed by atoms with van der Waals surface area (Å²) in [4.78, 5) is 38.9. The third-order valence-electron chi connectivity index (χ3n) is 5.53. The van der Waals surface area contributed by atoms with Gasteiger partial charge in [-0.2, -0.15) is 0 Å². The molecule has 0 aliphatic heterocycles. The third-order valence-corrected chi connectivity index (χ3v) is 6.32. The van der Waals surface area contributed by atoms with Crippen molar-refractivity contribution in [3.8, 4) is 17.0 Å². The summed E-state index contributed by atoms with van der Waals surface area (Å²) in [6.45, 7) is 6.34. The summed E-state index contributed by atoms with van der Waals surface area (Å²) < 4.78 is 30.0. The van der Waals surface area contributed by atoms with E-state index in [2.05, 4.69) is 32.2 Å². The smallest absolute Gasteiger partial charge is 0.246 e. The lowest BCUT2D eigenvalue weighted by Crippen LogP contribution is -2.33. The number of nitrogens with zero attached hydrogens (tertiary/aromatic N) is 4. The molecule has 0 spiro atoms. The Morgan fingerprint density at radius 3 is 2.72 bits per heavy atom. The highest BCUT2D eigenvalue weighted by atomic mass is 32.2. The van der Waals surface area contributed by atoms with E-state index in [0.717, 1.165) is 23.4 Å². The van der Waals surface area contributed by atoms with Crippen molar-refractivity contribution < 1.29 is 23.5 Å². The second kappa shape index (κ2) is 14.0. The topological polar surface area (TPSA) is 120 Å². The molecule has 0 saturated heterocycles. The molecule has 2 amide bonds. The van der Waals surface area contributed by atoms with Gasteiger partial charge in [0, 0.05) is 24.2 Å². The zero-order valence-electron chi connectivity index (χ0n) is 21.4. The van der Waals surface area contributed by atoms with Gasteiger partial charge in [-0.15, -0.1) is 11.8 Å². The van der Waals surface area contributed by atoms with E-state index in [-0.39, 0.29) is 36.2 Å². The van der Waals surface area contributed by atoms with Gasteiger partial charge in [-0.05, 0) is 43.0 Å². The molecule has 0 radical (unpaired) electrons. The number of hydrogen-bond acceptors (Lipinski definition) is 7. The van der Waals surface area contributed by atoms with Gasteiger partial charge < -0.3 is 20.6 Å². The molecule has 2 aromatic heterocycles. The number of amidine groups is 1. The van der Waals surface area contributed by atoms with E-state index in [4.69, 9.17) is 0 Å². The number of amides is 2. The van der Waals surface area contributed by atoms with Crippen LogP contribution in [0.2, 0.25) is 0 Å². The minimum absolute atomic E-state index is 0.0622. The number of benzene rings is 1. The number of aromatic nitrogens is 2. The SMILES string of the molecule is C=CC(=O)N(CCC)CCN=C(Nc1cnccc1SC)c1cc(F)c(-c2c(O)cccc2F)nc1NC=O. The predicted molar refractivity (Wildman–Crippen MR) is 149 cm³/mol. The molecule has 0 fully saturated rings. The van der Waals surface area contributed by atoms with E-state index in [0.29, 0.717) is 18.6 Å². The van der Waals surface area contributed by atoms with E-state index in [1.165, 1.54) is 30.0 Å². The van der Waals surface area contributed by atoms with Crippen LogP contribution >= 0.6 is 11.8 Å². The number of thioether (sulfide) groups is 1. The molecule has 39 heavy (non-hydrogen) atoms. The maximum atomic E-state index is 15.4. The summed E-state index contributed by atoms with van der Waals surface area (Å²) >= 11 is 1.44. The fourth-order valence-electron chi connectivity index (χ4n) is 3.74. The number of hydrogen-bond donors (Lipinski definition) is 3. The van der Waals surface area contributed by atoms with Gasteiger partial charge in [-0.1, -0.05) is 19.6 Å². The Morgan fingerprint density at radius 1 is 1.26 bits per heavy atom. The molecule has 2 heterocycles. The Morgan fingerprint density at radius 2 is 2.05 bits per heavy atom. The number of carbonyl (C=O) groups is 2. The standard InChI is InChI=1S/C27H28F2N6O3S/c1-4-12-35(23(38)5-2)13-11-31-26(33-20-15-30-10-9-22(20)39-3)17-14-19(29)25(34-27(17)32-16-36)24-18(28)7-6-8-21(24)37/h5-10,14-16,37H,2,4,11-13H2,1,3H3,(H,31,33)(H,32,34,36). The van der Waals surface area contributed by atoms with Crippen molar-refractivity contribution in [3.63, 3.8) is 0 Å². The number of carbonyl (C=O) groups excluding carboxylic acids is 2. The van der Waals surface area contributed by atoms with Crippen molar-refractivity contribution in [2.75, 3.05) is 36.5 Å². The first-order valence-electron chi connectivity index (χ1n) is 11.9. The molecule has 0 bridgehead atoms. The highest BCUT2D eigenvalue weighted by Gasteiger charge is 2.22. The largest absolute Gasteiger partial charge is 0.507 e. The Hall–Kier alpha value is -4.32. The number of aliphatic imine (C=N–C) groups is 1. The molecule has 9 nitrogen and oxygen atoms in total. The van der Waals surface area contributed by atoms with Crippen molar-refractivity contribution >= 4 is 41.4 Å². The summed E-state index contributed by atoms with van der Waals surface area (Å²) in [7, 11) is 0. The first-order valence-corrected chi connectivity index (χ1v) is 13.2. The monoisotopic (exact) mass is 554 g/mol. The number of halogens is 2. The van der Waals surface area contributed by atoms with Gasteiger partial charge in [0.1, 0.15) is 28.9 Å². The first kappa shape index (κ1) is 29.2. The van der Waals surface area contributed by atoms with E-state index in [1.807, 2.05) is 13.2 Å². The molecule has 0 aliphatic rings. The van der Waals surface area contributed by atoms with Crippen molar-refractivity contribution in [1.82, 2.24) is 14.9 Å². The van der Waals surface area contributed by atoms with E-state index in [9.17, 15) is 19.1 Å². The zero-order chi connectivity index (χ0) is 28.4. The quantitative estimate of drug-likeness (QED) is 0.0976. The number of phenolic OH excluding ortho intramolecular Hbond substituents is 1. The van der Waals surface area contributed by atoms with Gasteiger partial charge in [0.25, 0.3) is 0 Å². The van der Waals surface area contributed by atoms with Crippen LogP contribution in [0.25, 0.3) is 11.3 Å². The summed E-state index contributed by atoms with van der Waals surface area (Å²) in [6.07, 6.45) is 7.35. The number of phenols is 1. The van der Waals surface area contributed by atoms with Crippen LogP contribution in [-0.4, -0.2) is 64.0 Å². The second-order valence-corrected chi connectivity index (χ2v) is 8.92. The average molecular weight is 555 g/mol. The van der Waals surface area contributed by atoms with Gasteiger partial charge in [0.2, 0.25) is 12.3 Å². The van der Waals surface area contributed by atoms with Crippen molar-refractivity contribution in [1.29, 1.82) is 0 Å². The molecule has 0 unspecified atom stereocenters. The Balaban J connectivity index is 2.13. The zero-order valence-corrected chi connectivity index (χ0v) is 22.3. The van der Waals surface area contributed by atoms with E-state index >= 15 is 4.39 Å². The second-order valence-electron chi connectivity index (χ2n) is 8.07. The predicted octanol–water partition coefficient (Wildman–Crippen LogP) is 4.70. The molecule has 12 heteroatoms. The summed E-state index contributed by atoms with van der Waals surface area (Å²) in [5.41, 5.74) is -0.316. The van der Waals surface area contributed by atoms with Crippen LogP contribution < -0.4 is 10.6 Å². The maximum absolute atomic E-state index is 15.4. The lowest BCUT2D eigenvalue weighted by molar-refractivity contribution is -0.126. The Bertz CT molecular complexity index is 1370. The van der Waals surface area contributed by atoms with Crippen LogP contribution in [0.4, 0.5) is 20.3 Å². The molecule has 3 rings (SSSR count). The van der Waals surface area contributed by atoms with Gasteiger partial charge in [-0.25, -0.2) is 13.8 Å². The van der Waals surface area contributed by atoms with Crippen LogP contribution in [0.3, 0.4) is 0 Å². The lowest BCUT2D eigenvalue weighted by atomic mass is 10.1. The number of rotatable bonds is 12. The van der Waals surface area contributed by atoms with Crippen molar-refractivity contribution in [2.45, 2.75) is 18.2 Å². The molecule has 0 aliphatic carbocycles. The lowest BCUT2D eigenvalue weighted by Gasteiger charge is -2.20. The van der Waals surface area contributed by atoms with Gasteiger partial charge in [-0.3, -0.25) is 19.6 Å². The summed E-state index contributed by atoms with van der Waals surface area (Å²) in [6, 6.07) is 6.36. The molecule has 3 N–H and O–H groups in total. The molecule has 204 valence electrons. The molecule has 0 saturated carbocycles. The fraction of sp³-hybridized carbons (Fsp3) is 0.222. The van der Waals surface area contributed by atoms with Crippen LogP contribution in [0.1, 0.15) is 18.9 Å².